The van der Waals surface area contributed by atoms with E-state index in [9.17, 15) is 9.59 Å². The van der Waals surface area contributed by atoms with Crippen LogP contribution in [-0.4, -0.2) is 22.6 Å². The molecule has 7 heteroatoms. The van der Waals surface area contributed by atoms with Crippen molar-refractivity contribution in [2.24, 2.45) is 0 Å². The summed E-state index contributed by atoms with van der Waals surface area (Å²) < 4.78 is 0. The Morgan fingerprint density at radius 2 is 1.93 bits per heavy atom. The maximum atomic E-state index is 12.5. The molecule has 142 valence electrons. The van der Waals surface area contributed by atoms with Crippen LogP contribution in [0.15, 0.2) is 64.9 Å². The van der Waals surface area contributed by atoms with E-state index < -0.39 is 0 Å². The summed E-state index contributed by atoms with van der Waals surface area (Å²) in [6.07, 6.45) is 0. The minimum Gasteiger partial charge on any atom is -0.344 e. The molecule has 2 amide bonds. The first-order chi connectivity index (χ1) is 13.6. The molecule has 1 aliphatic rings. The molecule has 0 spiro atoms. The lowest BCUT2D eigenvalue weighted by atomic mass is 10.1. The highest BCUT2D eigenvalue weighted by Gasteiger charge is 2.25. The van der Waals surface area contributed by atoms with Crippen molar-refractivity contribution in [2.45, 2.75) is 24.4 Å². The molecule has 1 aliphatic heterocycles. The highest BCUT2D eigenvalue weighted by atomic mass is 32.2. The van der Waals surface area contributed by atoms with Gasteiger partial charge >= 0.3 is 0 Å². The van der Waals surface area contributed by atoms with Crippen LogP contribution in [-0.2, 0) is 11.3 Å². The summed E-state index contributed by atoms with van der Waals surface area (Å²) in [6.45, 7) is 2.32. The van der Waals surface area contributed by atoms with Gasteiger partial charge in [-0.3, -0.25) is 9.59 Å². The number of thiazole rings is 1. The van der Waals surface area contributed by atoms with Crippen LogP contribution in [0.5, 0.6) is 0 Å². The fraction of sp³-hybridized carbons (Fsp3) is 0.190. The van der Waals surface area contributed by atoms with Crippen LogP contribution < -0.4 is 10.2 Å². The third-order valence-corrected chi connectivity index (χ3v) is 6.41. The normalized spacial score (nSPS) is 14.5. The summed E-state index contributed by atoms with van der Waals surface area (Å²) in [6, 6.07) is 17.6. The van der Waals surface area contributed by atoms with E-state index in [1.54, 1.807) is 22.0 Å². The molecule has 0 fully saturated rings. The van der Waals surface area contributed by atoms with Gasteiger partial charge in [0.15, 0.2) is 0 Å². The van der Waals surface area contributed by atoms with Gasteiger partial charge in [0, 0.05) is 10.3 Å². The Balaban J connectivity index is 1.46. The number of para-hydroxylation sites is 1. The molecule has 1 N–H and O–H groups in total. The number of thioether (sulfide) groups is 1. The zero-order chi connectivity index (χ0) is 19.5. The van der Waals surface area contributed by atoms with E-state index in [4.69, 9.17) is 0 Å². The third-order valence-electron chi connectivity index (χ3n) is 4.53. The molecule has 0 radical (unpaired) electrons. The van der Waals surface area contributed by atoms with Crippen molar-refractivity contribution in [1.29, 1.82) is 0 Å². The summed E-state index contributed by atoms with van der Waals surface area (Å²) in [5.74, 6) is 0.270. The zero-order valence-electron chi connectivity index (χ0n) is 15.3. The van der Waals surface area contributed by atoms with Gasteiger partial charge in [0.1, 0.15) is 10.7 Å². The first-order valence-electron chi connectivity index (χ1n) is 8.94. The summed E-state index contributed by atoms with van der Waals surface area (Å²) >= 11 is 2.95. The lowest BCUT2D eigenvalue weighted by Crippen LogP contribution is -2.34. The monoisotopic (exact) mass is 409 g/mol. The number of hydrogen-bond donors (Lipinski definition) is 1. The molecule has 2 heterocycles. The lowest BCUT2D eigenvalue weighted by molar-refractivity contribution is -0.116. The van der Waals surface area contributed by atoms with Crippen LogP contribution in [0.4, 0.5) is 5.69 Å². The number of carbonyl (C=O) groups is 2. The molecule has 0 saturated carbocycles. The lowest BCUT2D eigenvalue weighted by Gasteiger charge is -2.28. The standard InChI is InChI=1S/C21H19N3O2S2/c1-14(15-7-3-2-4-8-15)22-21(26)16-12-28-19(23-16)11-24-17-9-5-6-10-18(17)27-13-20(24)25/h2-10,12,14H,11,13H2,1H3,(H,22,26). The maximum absolute atomic E-state index is 12.5. The minimum absolute atomic E-state index is 0.0580. The van der Waals surface area contributed by atoms with E-state index in [1.165, 1.54) is 11.3 Å². The third kappa shape index (κ3) is 3.95. The van der Waals surface area contributed by atoms with Gasteiger partial charge in [-0.2, -0.15) is 0 Å². The Bertz CT molecular complexity index is 1000. The van der Waals surface area contributed by atoms with Crippen molar-refractivity contribution in [1.82, 2.24) is 10.3 Å². The Kier molecular flexibility index (Phi) is 5.45. The summed E-state index contributed by atoms with van der Waals surface area (Å²) in [4.78, 5) is 32.3. The molecule has 4 rings (SSSR count). The number of nitrogens with zero attached hydrogens (tertiary/aromatic N) is 2. The molecule has 3 aromatic rings. The molecule has 2 aromatic carbocycles. The number of fused-ring (bicyclic) bond motifs is 1. The topological polar surface area (TPSA) is 62.3 Å². The number of anilines is 1. The number of benzene rings is 2. The molecular weight excluding hydrogens is 390 g/mol. The minimum atomic E-state index is -0.209. The van der Waals surface area contributed by atoms with Crippen molar-refractivity contribution in [3.8, 4) is 0 Å². The Morgan fingerprint density at radius 1 is 1.18 bits per heavy atom. The van der Waals surface area contributed by atoms with Crippen LogP contribution in [0.25, 0.3) is 0 Å². The second kappa shape index (κ2) is 8.16. The number of amides is 2. The van der Waals surface area contributed by atoms with Gasteiger partial charge in [-0.05, 0) is 24.6 Å². The van der Waals surface area contributed by atoms with Gasteiger partial charge in [-0.15, -0.1) is 23.1 Å². The molecule has 1 aromatic heterocycles. The predicted molar refractivity (Wildman–Crippen MR) is 113 cm³/mol. The molecule has 0 bridgehead atoms. The Labute approximate surface area is 171 Å². The molecular formula is C21H19N3O2S2. The van der Waals surface area contributed by atoms with Gasteiger partial charge in [-0.1, -0.05) is 42.5 Å². The number of hydrogen-bond acceptors (Lipinski definition) is 5. The average molecular weight is 410 g/mol. The maximum Gasteiger partial charge on any atom is 0.271 e. The number of rotatable bonds is 5. The van der Waals surface area contributed by atoms with E-state index in [2.05, 4.69) is 10.3 Å². The smallest absolute Gasteiger partial charge is 0.271 e. The van der Waals surface area contributed by atoms with Gasteiger partial charge in [0.2, 0.25) is 5.91 Å². The zero-order valence-corrected chi connectivity index (χ0v) is 16.9. The van der Waals surface area contributed by atoms with Crippen molar-refractivity contribution < 1.29 is 9.59 Å². The van der Waals surface area contributed by atoms with Crippen LogP contribution in [0.3, 0.4) is 0 Å². The van der Waals surface area contributed by atoms with E-state index in [-0.39, 0.29) is 17.9 Å². The van der Waals surface area contributed by atoms with Crippen LogP contribution >= 0.6 is 23.1 Å². The second-order valence-electron chi connectivity index (χ2n) is 6.47. The van der Waals surface area contributed by atoms with Gasteiger partial charge in [0.05, 0.1) is 24.0 Å². The summed E-state index contributed by atoms with van der Waals surface area (Å²) in [5.41, 5.74) is 2.33. The number of carbonyl (C=O) groups excluding carboxylic acids is 2. The highest BCUT2D eigenvalue weighted by Crippen LogP contribution is 2.36. The fourth-order valence-corrected chi connectivity index (χ4v) is 4.74. The van der Waals surface area contributed by atoms with Gasteiger partial charge < -0.3 is 10.2 Å². The van der Waals surface area contributed by atoms with E-state index in [0.29, 0.717) is 18.0 Å². The van der Waals surface area contributed by atoms with Crippen LogP contribution in [0.1, 0.15) is 34.0 Å². The number of nitrogens with one attached hydrogen (secondary N) is 1. The quantitative estimate of drug-likeness (QED) is 0.683. The van der Waals surface area contributed by atoms with Crippen molar-refractivity contribution in [3.63, 3.8) is 0 Å². The molecule has 28 heavy (non-hydrogen) atoms. The largest absolute Gasteiger partial charge is 0.344 e. The van der Waals surface area contributed by atoms with Gasteiger partial charge in [-0.25, -0.2) is 4.98 Å². The highest BCUT2D eigenvalue weighted by molar-refractivity contribution is 8.00. The molecule has 1 atom stereocenters. The Hall–Kier alpha value is -2.64. The first-order valence-corrected chi connectivity index (χ1v) is 10.8. The van der Waals surface area contributed by atoms with Crippen molar-refractivity contribution >= 4 is 40.6 Å². The van der Waals surface area contributed by atoms with Crippen molar-refractivity contribution in [3.05, 3.63) is 76.2 Å². The summed E-state index contributed by atoms with van der Waals surface area (Å²) in [5, 5.41) is 5.47. The predicted octanol–water partition coefficient (Wildman–Crippen LogP) is 4.27. The van der Waals surface area contributed by atoms with Crippen LogP contribution in [0.2, 0.25) is 0 Å². The van der Waals surface area contributed by atoms with Crippen LogP contribution in [0, 0.1) is 0 Å². The first kappa shape index (κ1) is 18.7. The van der Waals surface area contributed by atoms with E-state index in [0.717, 1.165) is 21.2 Å². The summed E-state index contributed by atoms with van der Waals surface area (Å²) in [7, 11) is 0. The molecule has 1 unspecified atom stereocenters. The number of aromatic nitrogens is 1. The van der Waals surface area contributed by atoms with E-state index in [1.807, 2.05) is 61.5 Å². The molecule has 5 nitrogen and oxygen atoms in total. The molecule has 0 aliphatic carbocycles. The SMILES string of the molecule is CC(NC(=O)c1csc(CN2C(=O)CSc3ccccc32)n1)c1ccccc1. The van der Waals surface area contributed by atoms with Gasteiger partial charge in [0.25, 0.3) is 5.91 Å². The molecule has 0 saturated heterocycles. The van der Waals surface area contributed by atoms with Crippen molar-refractivity contribution in [2.75, 3.05) is 10.7 Å². The Morgan fingerprint density at radius 3 is 2.75 bits per heavy atom. The van der Waals surface area contributed by atoms with E-state index >= 15 is 0 Å². The fourth-order valence-electron chi connectivity index (χ4n) is 3.05. The second-order valence-corrected chi connectivity index (χ2v) is 8.43. The average Bonchev–Trinajstić information content (AvgIpc) is 3.20.